The summed E-state index contributed by atoms with van der Waals surface area (Å²) >= 11 is 5.86. The Morgan fingerprint density at radius 1 is 1.20 bits per heavy atom. The zero-order chi connectivity index (χ0) is 18.4. The molecule has 2 aromatic rings. The number of aliphatic hydroxyl groups is 1. The molecule has 4 nitrogen and oxygen atoms in total. The average molecular weight is 362 g/mol. The highest BCUT2D eigenvalue weighted by molar-refractivity contribution is 6.30. The average Bonchev–Trinajstić information content (AvgIpc) is 2.60. The van der Waals surface area contributed by atoms with Crippen LogP contribution in [0.2, 0.25) is 5.02 Å². The Labute approximate surface area is 153 Å². The molecular formula is C20H24ClNO3. The van der Waals surface area contributed by atoms with Crippen molar-refractivity contribution in [2.45, 2.75) is 31.8 Å². The summed E-state index contributed by atoms with van der Waals surface area (Å²) in [6.45, 7) is 3.81. The van der Waals surface area contributed by atoms with E-state index in [0.717, 1.165) is 11.3 Å². The molecule has 2 N–H and O–H groups in total. The van der Waals surface area contributed by atoms with Crippen LogP contribution in [0.4, 0.5) is 0 Å². The molecule has 0 bridgehead atoms. The molecule has 2 atom stereocenters. The molecule has 0 aliphatic carbocycles. The molecule has 2 unspecified atom stereocenters. The summed E-state index contributed by atoms with van der Waals surface area (Å²) in [6.07, 6.45) is 0.350. The molecule has 0 saturated carbocycles. The number of carbonyl (C=O) groups is 1. The zero-order valence-electron chi connectivity index (χ0n) is 14.8. The van der Waals surface area contributed by atoms with Gasteiger partial charge in [-0.25, -0.2) is 0 Å². The van der Waals surface area contributed by atoms with Gasteiger partial charge < -0.3 is 15.2 Å². The number of amides is 1. The summed E-state index contributed by atoms with van der Waals surface area (Å²) in [7, 11) is 1.62. The fourth-order valence-electron chi connectivity index (χ4n) is 2.58. The molecule has 0 aliphatic rings. The van der Waals surface area contributed by atoms with Gasteiger partial charge in [-0.2, -0.15) is 0 Å². The van der Waals surface area contributed by atoms with Gasteiger partial charge in [0.25, 0.3) is 0 Å². The van der Waals surface area contributed by atoms with Crippen molar-refractivity contribution in [2.24, 2.45) is 0 Å². The second-order valence-corrected chi connectivity index (χ2v) is 6.87. The lowest BCUT2D eigenvalue weighted by atomic mass is 9.95. The lowest BCUT2D eigenvalue weighted by molar-refractivity contribution is -0.122. The molecule has 0 aliphatic heterocycles. The van der Waals surface area contributed by atoms with Crippen molar-refractivity contribution in [3.05, 3.63) is 64.7 Å². The van der Waals surface area contributed by atoms with Gasteiger partial charge >= 0.3 is 0 Å². The van der Waals surface area contributed by atoms with Gasteiger partial charge in [0.1, 0.15) is 11.4 Å². The quantitative estimate of drug-likeness (QED) is 0.787. The van der Waals surface area contributed by atoms with Crippen LogP contribution in [0.15, 0.2) is 48.5 Å². The molecular weight excluding hydrogens is 338 g/mol. The third-order valence-electron chi connectivity index (χ3n) is 4.27. The van der Waals surface area contributed by atoms with E-state index in [4.69, 9.17) is 16.3 Å². The van der Waals surface area contributed by atoms with Crippen molar-refractivity contribution in [1.29, 1.82) is 0 Å². The Morgan fingerprint density at radius 3 is 2.36 bits per heavy atom. The van der Waals surface area contributed by atoms with Crippen LogP contribution < -0.4 is 10.1 Å². The van der Waals surface area contributed by atoms with Crippen molar-refractivity contribution >= 4 is 17.5 Å². The van der Waals surface area contributed by atoms with E-state index >= 15 is 0 Å². The van der Waals surface area contributed by atoms with Crippen molar-refractivity contribution in [3.8, 4) is 5.75 Å². The summed E-state index contributed by atoms with van der Waals surface area (Å²) in [5, 5.41) is 14.0. The van der Waals surface area contributed by atoms with Crippen LogP contribution in [0.3, 0.4) is 0 Å². The highest BCUT2D eigenvalue weighted by Crippen LogP contribution is 2.23. The number of benzene rings is 2. The Bertz CT molecular complexity index is 696. The van der Waals surface area contributed by atoms with Gasteiger partial charge in [0.2, 0.25) is 5.91 Å². The predicted octanol–water partition coefficient (Wildman–Crippen LogP) is 3.87. The van der Waals surface area contributed by atoms with Crippen LogP contribution in [0, 0.1) is 0 Å². The monoisotopic (exact) mass is 361 g/mol. The van der Waals surface area contributed by atoms with Crippen molar-refractivity contribution in [2.75, 3.05) is 13.7 Å². The molecule has 25 heavy (non-hydrogen) atoms. The van der Waals surface area contributed by atoms with Crippen molar-refractivity contribution in [3.63, 3.8) is 0 Å². The van der Waals surface area contributed by atoms with E-state index in [9.17, 15) is 9.90 Å². The molecule has 1 amide bonds. The third-order valence-corrected chi connectivity index (χ3v) is 4.52. The number of ether oxygens (including phenoxy) is 1. The molecule has 0 aromatic heterocycles. The highest BCUT2D eigenvalue weighted by atomic mass is 35.5. The molecule has 2 rings (SSSR count). The van der Waals surface area contributed by atoms with Gasteiger partial charge in [0, 0.05) is 11.4 Å². The maximum atomic E-state index is 12.2. The SMILES string of the molecule is COc1ccc(C(C)CC(=O)NCC(C)(O)c2ccc(Cl)cc2)cc1. The van der Waals surface area contributed by atoms with E-state index in [1.807, 2.05) is 31.2 Å². The normalized spacial score (nSPS) is 14.4. The molecule has 0 radical (unpaired) electrons. The van der Waals surface area contributed by atoms with Crippen molar-refractivity contribution < 1.29 is 14.6 Å². The maximum Gasteiger partial charge on any atom is 0.220 e. The molecule has 5 heteroatoms. The van der Waals surface area contributed by atoms with Crippen LogP contribution in [-0.4, -0.2) is 24.7 Å². The fourth-order valence-corrected chi connectivity index (χ4v) is 2.71. The number of rotatable bonds is 7. The van der Waals surface area contributed by atoms with Gasteiger partial charge in [-0.3, -0.25) is 4.79 Å². The maximum absolute atomic E-state index is 12.2. The van der Waals surface area contributed by atoms with Crippen molar-refractivity contribution in [1.82, 2.24) is 5.32 Å². The fraction of sp³-hybridized carbons (Fsp3) is 0.350. The molecule has 0 saturated heterocycles. The lowest BCUT2D eigenvalue weighted by Crippen LogP contribution is -2.38. The van der Waals surface area contributed by atoms with Crippen LogP contribution in [0.1, 0.15) is 37.3 Å². The molecule has 2 aromatic carbocycles. The van der Waals surface area contributed by atoms with E-state index in [1.165, 1.54) is 0 Å². The highest BCUT2D eigenvalue weighted by Gasteiger charge is 2.24. The number of halogens is 1. The Morgan fingerprint density at radius 2 is 1.80 bits per heavy atom. The smallest absolute Gasteiger partial charge is 0.220 e. The summed E-state index contributed by atoms with van der Waals surface area (Å²) in [4.78, 5) is 12.2. The van der Waals surface area contributed by atoms with Gasteiger partial charge in [-0.1, -0.05) is 42.8 Å². The van der Waals surface area contributed by atoms with E-state index in [-0.39, 0.29) is 18.4 Å². The number of hydrogen-bond acceptors (Lipinski definition) is 3. The standard InChI is InChI=1S/C20H24ClNO3/c1-14(15-4-10-18(25-3)11-5-15)12-19(23)22-13-20(2,24)16-6-8-17(21)9-7-16/h4-11,14,24H,12-13H2,1-3H3,(H,22,23). The molecule has 0 heterocycles. The van der Waals surface area contributed by atoms with E-state index < -0.39 is 5.60 Å². The topological polar surface area (TPSA) is 58.6 Å². The minimum Gasteiger partial charge on any atom is -0.497 e. The minimum absolute atomic E-state index is 0.0754. The summed E-state index contributed by atoms with van der Waals surface area (Å²) < 4.78 is 5.14. The Balaban J connectivity index is 1.89. The minimum atomic E-state index is -1.15. The van der Waals surface area contributed by atoms with Gasteiger partial charge in [-0.15, -0.1) is 0 Å². The van der Waals surface area contributed by atoms with E-state index in [2.05, 4.69) is 5.32 Å². The molecule has 0 fully saturated rings. The first-order valence-electron chi connectivity index (χ1n) is 8.21. The first-order chi connectivity index (χ1) is 11.8. The number of hydrogen-bond donors (Lipinski definition) is 2. The van der Waals surface area contributed by atoms with Crippen LogP contribution in [-0.2, 0) is 10.4 Å². The third kappa shape index (κ3) is 5.48. The number of carbonyl (C=O) groups excluding carboxylic acids is 1. The van der Waals surface area contributed by atoms with E-state index in [0.29, 0.717) is 17.0 Å². The summed E-state index contributed by atoms with van der Waals surface area (Å²) in [6, 6.07) is 14.6. The molecule has 134 valence electrons. The second-order valence-electron chi connectivity index (χ2n) is 6.44. The first kappa shape index (κ1) is 19.3. The van der Waals surface area contributed by atoms with E-state index in [1.54, 1.807) is 38.3 Å². The number of methoxy groups -OCH3 is 1. The molecule has 0 spiro atoms. The lowest BCUT2D eigenvalue weighted by Gasteiger charge is -2.24. The number of nitrogens with one attached hydrogen (secondary N) is 1. The second kappa shape index (κ2) is 8.37. The van der Waals surface area contributed by atoms with Gasteiger partial charge in [0.15, 0.2) is 0 Å². The first-order valence-corrected chi connectivity index (χ1v) is 8.58. The largest absolute Gasteiger partial charge is 0.497 e. The van der Waals surface area contributed by atoms with Crippen LogP contribution in [0.25, 0.3) is 0 Å². The van der Waals surface area contributed by atoms with Gasteiger partial charge in [-0.05, 0) is 48.2 Å². The van der Waals surface area contributed by atoms with Gasteiger partial charge in [0.05, 0.1) is 13.7 Å². The summed E-state index contributed by atoms with van der Waals surface area (Å²) in [5.41, 5.74) is 0.629. The summed E-state index contributed by atoms with van der Waals surface area (Å²) in [5.74, 6) is 0.767. The predicted molar refractivity (Wildman–Crippen MR) is 100 cm³/mol. The Hall–Kier alpha value is -2.04. The van der Waals surface area contributed by atoms with Crippen LogP contribution >= 0.6 is 11.6 Å². The van der Waals surface area contributed by atoms with Crippen LogP contribution in [0.5, 0.6) is 5.75 Å². The Kier molecular flexibility index (Phi) is 6.45. The zero-order valence-corrected chi connectivity index (χ0v) is 15.5.